The van der Waals surface area contributed by atoms with Crippen molar-refractivity contribution in [3.05, 3.63) is 75.6 Å². The number of benzene rings is 2. The maximum atomic E-state index is 13.0. The van der Waals surface area contributed by atoms with E-state index in [9.17, 15) is 28.9 Å². The minimum absolute atomic E-state index is 0.0451. The summed E-state index contributed by atoms with van der Waals surface area (Å²) in [4.78, 5) is 45.0. The predicted molar refractivity (Wildman–Crippen MR) is 85.4 cm³/mol. The summed E-state index contributed by atoms with van der Waals surface area (Å²) in [6.45, 7) is -0.718. The number of ether oxygens (including phenoxy) is 1. The lowest BCUT2D eigenvalue weighted by Crippen LogP contribution is -2.43. The molecule has 0 atom stereocenters. The Balaban J connectivity index is 1.83. The van der Waals surface area contributed by atoms with Crippen LogP contribution in [0.4, 0.5) is 10.1 Å². The highest BCUT2D eigenvalue weighted by Crippen LogP contribution is 2.12. The molecular formula is C16H12FN3O6. The van der Waals surface area contributed by atoms with Gasteiger partial charge in [-0.1, -0.05) is 12.1 Å². The highest BCUT2D eigenvalue weighted by atomic mass is 19.1. The van der Waals surface area contributed by atoms with E-state index < -0.39 is 35.1 Å². The van der Waals surface area contributed by atoms with Gasteiger partial charge in [0.15, 0.2) is 6.61 Å². The van der Waals surface area contributed by atoms with Crippen LogP contribution in [-0.2, 0) is 9.53 Å². The monoisotopic (exact) mass is 361 g/mol. The van der Waals surface area contributed by atoms with E-state index in [1.54, 1.807) is 0 Å². The number of halogens is 1. The van der Waals surface area contributed by atoms with Crippen molar-refractivity contribution in [2.45, 2.75) is 0 Å². The van der Waals surface area contributed by atoms with Gasteiger partial charge in [-0.3, -0.25) is 30.6 Å². The number of non-ortho nitro benzene ring substituents is 1. The topological polar surface area (TPSA) is 128 Å². The van der Waals surface area contributed by atoms with Gasteiger partial charge in [-0.15, -0.1) is 0 Å². The molecule has 0 radical (unpaired) electrons. The van der Waals surface area contributed by atoms with Crippen LogP contribution < -0.4 is 10.9 Å². The molecule has 0 saturated heterocycles. The van der Waals surface area contributed by atoms with Gasteiger partial charge in [-0.2, -0.15) is 0 Å². The summed E-state index contributed by atoms with van der Waals surface area (Å²) in [5, 5.41) is 10.7. The Labute approximate surface area is 145 Å². The first kappa shape index (κ1) is 18.5. The van der Waals surface area contributed by atoms with Crippen molar-refractivity contribution in [3.63, 3.8) is 0 Å². The van der Waals surface area contributed by atoms with Crippen molar-refractivity contribution in [2.24, 2.45) is 0 Å². The van der Waals surface area contributed by atoms with Gasteiger partial charge in [-0.05, 0) is 24.3 Å². The van der Waals surface area contributed by atoms with Gasteiger partial charge in [0.25, 0.3) is 17.5 Å². The molecule has 0 unspecified atom stereocenters. The molecule has 134 valence electrons. The molecule has 2 rings (SSSR count). The number of esters is 1. The summed E-state index contributed by atoms with van der Waals surface area (Å²) in [5.41, 5.74) is 3.61. The smallest absolute Gasteiger partial charge is 0.338 e. The van der Waals surface area contributed by atoms with Crippen molar-refractivity contribution < 1.29 is 28.4 Å². The zero-order valence-corrected chi connectivity index (χ0v) is 13.1. The lowest BCUT2D eigenvalue weighted by Gasteiger charge is -2.08. The van der Waals surface area contributed by atoms with Crippen LogP contribution in [-0.4, -0.2) is 29.3 Å². The number of amides is 2. The molecular weight excluding hydrogens is 349 g/mol. The molecule has 0 aliphatic rings. The van der Waals surface area contributed by atoms with Gasteiger partial charge in [0, 0.05) is 17.7 Å². The Morgan fingerprint density at radius 2 is 1.73 bits per heavy atom. The highest BCUT2D eigenvalue weighted by Gasteiger charge is 2.14. The van der Waals surface area contributed by atoms with Gasteiger partial charge in [0.05, 0.1) is 10.5 Å². The second-order valence-corrected chi connectivity index (χ2v) is 4.90. The fraction of sp³-hybridized carbons (Fsp3) is 0.0625. The standard InChI is InChI=1S/C16H12FN3O6/c17-12-5-1-4-11(7-12)16(23)26-9-14(21)18-19-15(22)10-3-2-6-13(8-10)20(24)25/h1-8H,9H2,(H,18,21)(H,19,22). The van der Waals surface area contributed by atoms with Gasteiger partial charge < -0.3 is 4.74 Å². The quantitative estimate of drug-likeness (QED) is 0.470. The summed E-state index contributed by atoms with van der Waals surface area (Å²) < 4.78 is 17.7. The van der Waals surface area contributed by atoms with Crippen LogP contribution in [0.1, 0.15) is 20.7 Å². The number of nitro groups is 1. The molecule has 0 bridgehead atoms. The first-order valence-corrected chi connectivity index (χ1v) is 7.13. The third kappa shape index (κ3) is 5.09. The molecule has 9 nitrogen and oxygen atoms in total. The first-order valence-electron chi connectivity index (χ1n) is 7.13. The van der Waals surface area contributed by atoms with Crippen molar-refractivity contribution >= 4 is 23.5 Å². The van der Waals surface area contributed by atoms with E-state index in [4.69, 9.17) is 0 Å². The van der Waals surface area contributed by atoms with Gasteiger partial charge in [0.2, 0.25) is 0 Å². The van der Waals surface area contributed by atoms with E-state index in [-0.39, 0.29) is 16.8 Å². The van der Waals surface area contributed by atoms with Crippen LogP contribution in [0.15, 0.2) is 48.5 Å². The van der Waals surface area contributed by atoms with Crippen LogP contribution in [0.3, 0.4) is 0 Å². The molecule has 0 aromatic heterocycles. The van der Waals surface area contributed by atoms with Crippen LogP contribution in [0.5, 0.6) is 0 Å². The number of carbonyl (C=O) groups excluding carboxylic acids is 3. The summed E-state index contributed by atoms with van der Waals surface area (Å²) >= 11 is 0. The SMILES string of the molecule is O=C(COC(=O)c1cccc(F)c1)NNC(=O)c1cccc([N+](=O)[O-])c1. The molecule has 0 fully saturated rings. The Kier molecular flexibility index (Phi) is 5.93. The lowest BCUT2D eigenvalue weighted by molar-refractivity contribution is -0.384. The number of hydrogen-bond acceptors (Lipinski definition) is 6. The number of hydrazine groups is 1. The van der Waals surface area contributed by atoms with Gasteiger partial charge >= 0.3 is 5.97 Å². The second kappa shape index (κ2) is 8.33. The number of nitrogens with one attached hydrogen (secondary N) is 2. The molecule has 0 spiro atoms. The highest BCUT2D eigenvalue weighted by molar-refractivity contribution is 5.96. The van der Waals surface area contributed by atoms with E-state index in [1.165, 1.54) is 30.3 Å². The second-order valence-electron chi connectivity index (χ2n) is 4.90. The normalized spacial score (nSPS) is 9.88. The zero-order valence-electron chi connectivity index (χ0n) is 13.1. The first-order chi connectivity index (χ1) is 12.4. The summed E-state index contributed by atoms with van der Waals surface area (Å²) in [7, 11) is 0. The number of rotatable bonds is 5. The fourth-order valence-corrected chi connectivity index (χ4v) is 1.83. The summed E-state index contributed by atoms with van der Waals surface area (Å²) in [6.07, 6.45) is 0. The fourth-order valence-electron chi connectivity index (χ4n) is 1.83. The Hall–Kier alpha value is -3.82. The minimum atomic E-state index is -0.912. The third-order valence-electron chi connectivity index (χ3n) is 3.03. The third-order valence-corrected chi connectivity index (χ3v) is 3.03. The predicted octanol–water partition coefficient (Wildman–Crippen LogP) is 1.35. The van der Waals surface area contributed by atoms with E-state index in [0.29, 0.717) is 0 Å². The maximum Gasteiger partial charge on any atom is 0.338 e. The lowest BCUT2D eigenvalue weighted by atomic mass is 10.2. The molecule has 10 heteroatoms. The molecule has 2 aromatic rings. The van der Waals surface area contributed by atoms with E-state index >= 15 is 0 Å². The average molecular weight is 361 g/mol. The number of hydrogen-bond donors (Lipinski definition) is 2. The van der Waals surface area contributed by atoms with Crippen molar-refractivity contribution in [1.82, 2.24) is 10.9 Å². The Morgan fingerprint density at radius 1 is 1.04 bits per heavy atom. The van der Waals surface area contributed by atoms with Crippen LogP contribution >= 0.6 is 0 Å². The number of nitrogens with zero attached hydrogens (tertiary/aromatic N) is 1. The number of carbonyl (C=O) groups is 3. The number of nitro benzene ring substituents is 1. The molecule has 0 aliphatic carbocycles. The van der Waals surface area contributed by atoms with E-state index in [1.807, 2.05) is 10.9 Å². The van der Waals surface area contributed by atoms with Crippen molar-refractivity contribution in [3.8, 4) is 0 Å². The average Bonchev–Trinajstić information content (AvgIpc) is 2.64. The Morgan fingerprint density at radius 3 is 2.42 bits per heavy atom. The van der Waals surface area contributed by atoms with Crippen molar-refractivity contribution in [2.75, 3.05) is 6.61 Å². The molecule has 26 heavy (non-hydrogen) atoms. The largest absolute Gasteiger partial charge is 0.452 e. The molecule has 2 N–H and O–H groups in total. The van der Waals surface area contributed by atoms with E-state index in [0.717, 1.165) is 18.2 Å². The van der Waals surface area contributed by atoms with E-state index in [2.05, 4.69) is 4.74 Å². The minimum Gasteiger partial charge on any atom is -0.452 e. The van der Waals surface area contributed by atoms with Gasteiger partial charge in [0.1, 0.15) is 5.82 Å². The summed E-state index contributed by atoms with van der Waals surface area (Å²) in [6, 6.07) is 9.59. The van der Waals surface area contributed by atoms with Crippen LogP contribution in [0.2, 0.25) is 0 Å². The molecule has 0 aliphatic heterocycles. The summed E-state index contributed by atoms with van der Waals surface area (Å²) in [5.74, 6) is -3.19. The van der Waals surface area contributed by atoms with Gasteiger partial charge in [-0.25, -0.2) is 9.18 Å². The molecule has 0 heterocycles. The zero-order chi connectivity index (χ0) is 19.1. The molecule has 2 amide bonds. The maximum absolute atomic E-state index is 13.0. The van der Waals surface area contributed by atoms with Crippen LogP contribution in [0.25, 0.3) is 0 Å². The van der Waals surface area contributed by atoms with Crippen molar-refractivity contribution in [1.29, 1.82) is 0 Å². The molecule has 2 aromatic carbocycles. The Bertz CT molecular complexity index is 871. The molecule has 0 saturated carbocycles. The van der Waals surface area contributed by atoms with Crippen LogP contribution in [0, 0.1) is 15.9 Å².